The average Bonchev–Trinajstić information content (AvgIpc) is 3.35. The van der Waals surface area contributed by atoms with E-state index in [4.69, 9.17) is 0 Å². The van der Waals surface area contributed by atoms with Gasteiger partial charge in [0.25, 0.3) is 5.91 Å². The Balaban J connectivity index is 1.38. The molecule has 0 aliphatic heterocycles. The molecule has 0 atom stereocenters. The van der Waals surface area contributed by atoms with Crippen molar-refractivity contribution in [3.63, 3.8) is 0 Å². The van der Waals surface area contributed by atoms with Crippen LogP contribution >= 0.6 is 22.7 Å². The second kappa shape index (κ2) is 6.50. The molecular formula is C16H13N5OS2. The minimum absolute atomic E-state index is 0.165. The zero-order chi connectivity index (χ0) is 16.4. The lowest BCUT2D eigenvalue weighted by Crippen LogP contribution is -2.26. The Bertz CT molecular complexity index is 973. The largest absolute Gasteiger partial charge is 0.350 e. The summed E-state index contributed by atoms with van der Waals surface area (Å²) in [6.45, 7) is 0.486. The maximum Gasteiger partial charge on any atom is 0.270 e. The topological polar surface area (TPSA) is 72.2 Å². The van der Waals surface area contributed by atoms with E-state index < -0.39 is 0 Å². The van der Waals surface area contributed by atoms with E-state index in [2.05, 4.69) is 20.5 Å². The molecule has 120 valence electrons. The third-order valence-corrected chi connectivity index (χ3v) is 5.10. The summed E-state index contributed by atoms with van der Waals surface area (Å²) in [7, 11) is 0. The minimum atomic E-state index is -0.165. The molecule has 0 fully saturated rings. The fourth-order valence-electron chi connectivity index (χ4n) is 2.34. The molecule has 0 saturated heterocycles. The lowest BCUT2D eigenvalue weighted by molar-refractivity contribution is 0.0950. The summed E-state index contributed by atoms with van der Waals surface area (Å²) >= 11 is 3.09. The van der Waals surface area contributed by atoms with Crippen LogP contribution in [0.25, 0.3) is 16.2 Å². The number of thiazole rings is 1. The summed E-state index contributed by atoms with van der Waals surface area (Å²) in [6, 6.07) is 7.75. The number of hydrogen-bond donors (Lipinski definition) is 1. The maximum atomic E-state index is 12.2. The number of nitrogens with one attached hydrogen (secondary N) is 1. The van der Waals surface area contributed by atoms with E-state index in [1.165, 1.54) is 11.3 Å². The van der Waals surface area contributed by atoms with Crippen molar-refractivity contribution in [2.45, 2.75) is 6.42 Å². The monoisotopic (exact) mass is 355 g/mol. The molecule has 4 aromatic heterocycles. The van der Waals surface area contributed by atoms with Gasteiger partial charge in [0.05, 0.1) is 0 Å². The summed E-state index contributed by atoms with van der Waals surface area (Å²) in [5, 5.41) is 17.8. The van der Waals surface area contributed by atoms with Crippen molar-refractivity contribution in [2.24, 2.45) is 0 Å². The summed E-state index contributed by atoms with van der Waals surface area (Å²) in [5.74, 6) is 0.657. The molecule has 1 N–H and O–H groups in total. The molecule has 0 saturated carbocycles. The van der Waals surface area contributed by atoms with Crippen LogP contribution in [0, 0.1) is 0 Å². The van der Waals surface area contributed by atoms with Gasteiger partial charge in [0.2, 0.25) is 0 Å². The van der Waals surface area contributed by atoms with Gasteiger partial charge in [-0.25, -0.2) is 4.98 Å². The highest BCUT2D eigenvalue weighted by molar-refractivity contribution is 7.14. The summed E-state index contributed by atoms with van der Waals surface area (Å²) in [5.41, 5.74) is 2.31. The Morgan fingerprint density at radius 2 is 2.17 bits per heavy atom. The van der Waals surface area contributed by atoms with Crippen LogP contribution in [0.4, 0.5) is 0 Å². The Hall–Kier alpha value is -2.58. The van der Waals surface area contributed by atoms with Crippen molar-refractivity contribution in [3.8, 4) is 10.6 Å². The number of pyridine rings is 1. The molecule has 4 rings (SSSR count). The van der Waals surface area contributed by atoms with Crippen molar-refractivity contribution < 1.29 is 4.79 Å². The molecule has 1 amide bonds. The van der Waals surface area contributed by atoms with Crippen LogP contribution in [0.2, 0.25) is 0 Å². The van der Waals surface area contributed by atoms with Gasteiger partial charge in [-0.3, -0.25) is 9.20 Å². The SMILES string of the molecule is O=C(NCCc1nnc2ccccn12)c1csc(-c2ccsc2)n1. The predicted molar refractivity (Wildman–Crippen MR) is 94.5 cm³/mol. The van der Waals surface area contributed by atoms with Crippen LogP contribution in [0.3, 0.4) is 0 Å². The third kappa shape index (κ3) is 2.93. The molecular weight excluding hydrogens is 342 g/mol. The molecule has 0 aromatic carbocycles. The number of hydrogen-bond acceptors (Lipinski definition) is 6. The van der Waals surface area contributed by atoms with Gasteiger partial charge in [-0.1, -0.05) is 6.07 Å². The molecule has 24 heavy (non-hydrogen) atoms. The molecule has 4 aromatic rings. The third-order valence-electron chi connectivity index (χ3n) is 3.52. The summed E-state index contributed by atoms with van der Waals surface area (Å²) in [4.78, 5) is 16.6. The van der Waals surface area contributed by atoms with Gasteiger partial charge in [0.15, 0.2) is 5.65 Å². The number of aromatic nitrogens is 4. The van der Waals surface area contributed by atoms with Crippen LogP contribution in [-0.2, 0) is 6.42 Å². The molecule has 0 unspecified atom stereocenters. The van der Waals surface area contributed by atoms with Crippen LogP contribution in [-0.4, -0.2) is 32.0 Å². The molecule has 6 nitrogen and oxygen atoms in total. The van der Waals surface area contributed by atoms with Gasteiger partial charge in [0.1, 0.15) is 16.5 Å². The number of rotatable bonds is 5. The van der Waals surface area contributed by atoms with E-state index >= 15 is 0 Å². The van der Waals surface area contributed by atoms with Gasteiger partial charge in [-0.05, 0) is 23.6 Å². The van der Waals surface area contributed by atoms with E-state index in [9.17, 15) is 4.79 Å². The van der Waals surface area contributed by atoms with Crippen molar-refractivity contribution in [1.82, 2.24) is 24.9 Å². The van der Waals surface area contributed by atoms with Crippen LogP contribution in [0.15, 0.2) is 46.6 Å². The molecule has 0 radical (unpaired) electrons. The lowest BCUT2D eigenvalue weighted by atomic mass is 10.3. The summed E-state index contributed by atoms with van der Waals surface area (Å²) < 4.78 is 1.92. The zero-order valence-corrected chi connectivity index (χ0v) is 14.2. The molecule has 0 bridgehead atoms. The first-order valence-corrected chi connectivity index (χ1v) is 9.18. The van der Waals surface area contributed by atoms with Crippen LogP contribution in [0.5, 0.6) is 0 Å². The Labute approximate surface area is 145 Å². The fourth-order valence-corrected chi connectivity index (χ4v) is 3.85. The second-order valence-electron chi connectivity index (χ2n) is 5.10. The van der Waals surface area contributed by atoms with Gasteiger partial charge in [-0.2, -0.15) is 11.3 Å². The van der Waals surface area contributed by atoms with Crippen molar-refractivity contribution in [1.29, 1.82) is 0 Å². The molecule has 0 aliphatic rings. The van der Waals surface area contributed by atoms with E-state index in [0.717, 1.165) is 22.0 Å². The van der Waals surface area contributed by atoms with Crippen molar-refractivity contribution in [3.05, 3.63) is 58.1 Å². The first-order valence-electron chi connectivity index (χ1n) is 7.36. The molecule has 0 spiro atoms. The van der Waals surface area contributed by atoms with Crippen LogP contribution < -0.4 is 5.32 Å². The number of thiophene rings is 1. The minimum Gasteiger partial charge on any atom is -0.350 e. The summed E-state index contributed by atoms with van der Waals surface area (Å²) in [6.07, 6.45) is 2.53. The van der Waals surface area contributed by atoms with Gasteiger partial charge in [0, 0.05) is 35.5 Å². The molecule has 0 aliphatic carbocycles. The molecule has 4 heterocycles. The predicted octanol–water partition coefficient (Wildman–Crippen LogP) is 2.89. The Morgan fingerprint density at radius 3 is 3.04 bits per heavy atom. The smallest absolute Gasteiger partial charge is 0.270 e. The maximum absolute atomic E-state index is 12.2. The number of fused-ring (bicyclic) bond motifs is 1. The number of carbonyl (C=O) groups is 1. The first-order chi connectivity index (χ1) is 11.8. The highest BCUT2D eigenvalue weighted by atomic mass is 32.1. The zero-order valence-electron chi connectivity index (χ0n) is 12.5. The van der Waals surface area contributed by atoms with Crippen LogP contribution in [0.1, 0.15) is 16.3 Å². The second-order valence-corrected chi connectivity index (χ2v) is 6.74. The van der Waals surface area contributed by atoms with Gasteiger partial charge in [-0.15, -0.1) is 21.5 Å². The van der Waals surface area contributed by atoms with Gasteiger partial charge < -0.3 is 5.32 Å². The quantitative estimate of drug-likeness (QED) is 0.597. The van der Waals surface area contributed by atoms with E-state index in [0.29, 0.717) is 18.7 Å². The Morgan fingerprint density at radius 1 is 1.21 bits per heavy atom. The van der Waals surface area contributed by atoms with E-state index in [1.807, 2.05) is 45.6 Å². The highest BCUT2D eigenvalue weighted by Crippen LogP contribution is 2.25. The Kier molecular flexibility index (Phi) is 4.06. The molecule has 8 heteroatoms. The number of amides is 1. The van der Waals surface area contributed by atoms with E-state index in [-0.39, 0.29) is 5.91 Å². The fraction of sp³-hybridized carbons (Fsp3) is 0.125. The average molecular weight is 355 g/mol. The van der Waals surface area contributed by atoms with Crippen molar-refractivity contribution >= 4 is 34.2 Å². The normalized spacial score (nSPS) is 11.0. The highest BCUT2D eigenvalue weighted by Gasteiger charge is 2.12. The van der Waals surface area contributed by atoms with Crippen molar-refractivity contribution in [2.75, 3.05) is 6.54 Å². The number of nitrogens with zero attached hydrogens (tertiary/aromatic N) is 4. The first kappa shape index (κ1) is 15.0. The standard InChI is InChI=1S/C16H13N5OS2/c22-15(12-10-24-16(18-12)11-5-8-23-9-11)17-6-4-14-20-19-13-3-1-2-7-21(13)14/h1-3,5,7-10H,4,6H2,(H,17,22). The number of carbonyl (C=O) groups excluding carboxylic acids is 1. The lowest BCUT2D eigenvalue weighted by Gasteiger charge is -2.02. The van der Waals surface area contributed by atoms with E-state index in [1.54, 1.807) is 16.7 Å². The van der Waals surface area contributed by atoms with Gasteiger partial charge >= 0.3 is 0 Å².